The minimum Gasteiger partial charge on any atom is -0.486 e. The highest BCUT2D eigenvalue weighted by molar-refractivity contribution is 5.49. The first-order valence-corrected chi connectivity index (χ1v) is 5.60. The van der Waals surface area contributed by atoms with Gasteiger partial charge in [0, 0.05) is 0 Å². The number of rotatable bonds is 4. The Kier molecular flexibility index (Phi) is 3.81. The number of alkyl halides is 1. The normalized spacial score (nSPS) is 15.7. The van der Waals surface area contributed by atoms with Crippen molar-refractivity contribution in [1.29, 1.82) is 0 Å². The van der Waals surface area contributed by atoms with Gasteiger partial charge in [0.15, 0.2) is 11.5 Å². The van der Waals surface area contributed by atoms with Gasteiger partial charge in [-0.05, 0) is 36.6 Å². The summed E-state index contributed by atoms with van der Waals surface area (Å²) in [6.07, 6.45) is -0.505. The van der Waals surface area contributed by atoms with Gasteiger partial charge in [0.2, 0.25) is 0 Å². The summed E-state index contributed by atoms with van der Waals surface area (Å²) in [5.74, 6) is 6.26. The Balaban J connectivity index is 2.33. The molecule has 0 saturated carbocycles. The van der Waals surface area contributed by atoms with Gasteiger partial charge in [-0.2, -0.15) is 0 Å². The molecule has 2 N–H and O–H groups in total. The molecule has 94 valence electrons. The summed E-state index contributed by atoms with van der Waals surface area (Å²) in [5, 5.41) is 0. The van der Waals surface area contributed by atoms with Crippen molar-refractivity contribution in [2.45, 2.75) is 19.5 Å². The number of ether oxygens (including phenoxy) is 2. The van der Waals surface area contributed by atoms with Crippen molar-refractivity contribution in [3.8, 4) is 11.5 Å². The van der Waals surface area contributed by atoms with Crippen LogP contribution < -0.4 is 15.4 Å². The minimum atomic E-state index is -1.06. The summed E-state index contributed by atoms with van der Waals surface area (Å²) >= 11 is 0. The zero-order valence-electron chi connectivity index (χ0n) is 9.74. The van der Waals surface area contributed by atoms with E-state index in [1.807, 2.05) is 0 Å². The quantitative estimate of drug-likeness (QED) is 0.818. The van der Waals surface area contributed by atoms with Crippen molar-refractivity contribution >= 4 is 0 Å². The van der Waals surface area contributed by atoms with E-state index in [-0.39, 0.29) is 0 Å². The molecule has 1 aliphatic heterocycles. The number of hydrogen-bond acceptors (Lipinski definition) is 4. The van der Waals surface area contributed by atoms with Crippen LogP contribution in [0.5, 0.6) is 11.5 Å². The lowest BCUT2D eigenvalue weighted by atomic mass is 10.0. The Morgan fingerprint density at radius 3 is 2.59 bits per heavy atom. The molecule has 0 amide bonds. The number of halogens is 1. The Bertz CT molecular complexity index is 396. The first-order valence-electron chi connectivity index (χ1n) is 5.60. The maximum Gasteiger partial charge on any atom is 0.161 e. The minimum absolute atomic E-state index is 0.347. The molecule has 1 aromatic rings. The smallest absolute Gasteiger partial charge is 0.161 e. The van der Waals surface area contributed by atoms with Gasteiger partial charge < -0.3 is 14.3 Å². The molecule has 0 aliphatic carbocycles. The second-order valence-corrected chi connectivity index (χ2v) is 3.93. The highest BCUT2D eigenvalue weighted by Crippen LogP contribution is 2.36. The molecular weight excluding hydrogens is 225 g/mol. The van der Waals surface area contributed by atoms with Crippen LogP contribution in [0.1, 0.15) is 24.2 Å². The largest absolute Gasteiger partial charge is 0.486 e. The first kappa shape index (κ1) is 12.1. The van der Waals surface area contributed by atoms with E-state index in [0.29, 0.717) is 43.3 Å². The lowest BCUT2D eigenvalue weighted by Crippen LogP contribution is -2.16. The van der Waals surface area contributed by atoms with Crippen molar-refractivity contribution in [1.82, 2.24) is 0 Å². The predicted octanol–water partition coefficient (Wildman–Crippen LogP) is 1.92. The second-order valence-electron chi connectivity index (χ2n) is 3.93. The second kappa shape index (κ2) is 5.33. The molecule has 0 aromatic heterocycles. The molecule has 1 aliphatic rings. The maximum atomic E-state index is 13.5. The molecule has 17 heavy (non-hydrogen) atoms. The fraction of sp³-hybridized carbons (Fsp3) is 0.500. The van der Waals surface area contributed by atoms with Crippen molar-refractivity contribution in [2.24, 2.45) is 5.90 Å². The van der Waals surface area contributed by atoms with Gasteiger partial charge in [0.05, 0.1) is 6.61 Å². The van der Waals surface area contributed by atoms with Crippen LogP contribution in [0.2, 0.25) is 0 Å². The highest BCUT2D eigenvalue weighted by Gasteiger charge is 2.18. The molecule has 5 heteroatoms. The van der Waals surface area contributed by atoms with Crippen molar-refractivity contribution in [3.05, 3.63) is 23.3 Å². The monoisotopic (exact) mass is 241 g/mol. The highest BCUT2D eigenvalue weighted by atomic mass is 19.1. The Labute approximate surface area is 99.4 Å². The van der Waals surface area contributed by atoms with Crippen molar-refractivity contribution in [2.75, 3.05) is 19.8 Å². The van der Waals surface area contributed by atoms with Crippen LogP contribution in [-0.2, 0) is 11.3 Å². The van der Waals surface area contributed by atoms with E-state index < -0.39 is 6.17 Å². The lowest BCUT2D eigenvalue weighted by molar-refractivity contribution is 0.140. The van der Waals surface area contributed by atoms with Gasteiger partial charge >= 0.3 is 0 Å². The van der Waals surface area contributed by atoms with E-state index in [9.17, 15) is 4.39 Å². The Hall–Kier alpha value is -1.33. The summed E-state index contributed by atoms with van der Waals surface area (Å²) in [4.78, 5) is 4.53. The molecule has 1 atom stereocenters. The molecule has 2 rings (SSSR count). The maximum absolute atomic E-state index is 13.5. The SMILES string of the molecule is CC(F)c1cc2c(cc1CCON)OCCO2. The molecule has 1 unspecified atom stereocenters. The molecule has 0 bridgehead atoms. The summed E-state index contributed by atoms with van der Waals surface area (Å²) in [5.41, 5.74) is 1.45. The third-order valence-electron chi connectivity index (χ3n) is 2.72. The zero-order chi connectivity index (χ0) is 12.3. The molecule has 1 heterocycles. The van der Waals surface area contributed by atoms with E-state index in [1.54, 1.807) is 12.1 Å². The third kappa shape index (κ3) is 2.68. The average Bonchev–Trinajstić information content (AvgIpc) is 2.35. The zero-order valence-corrected chi connectivity index (χ0v) is 9.74. The third-order valence-corrected chi connectivity index (χ3v) is 2.72. The van der Waals surface area contributed by atoms with Crippen LogP contribution in [-0.4, -0.2) is 19.8 Å². The number of fused-ring (bicyclic) bond motifs is 1. The van der Waals surface area contributed by atoms with Crippen LogP contribution in [0.15, 0.2) is 12.1 Å². The molecule has 4 nitrogen and oxygen atoms in total. The van der Waals surface area contributed by atoms with Crippen LogP contribution >= 0.6 is 0 Å². The van der Waals surface area contributed by atoms with Crippen LogP contribution in [0.4, 0.5) is 4.39 Å². The first-order chi connectivity index (χ1) is 8.22. The molecule has 1 aromatic carbocycles. The van der Waals surface area contributed by atoms with Crippen molar-refractivity contribution in [3.63, 3.8) is 0 Å². The fourth-order valence-electron chi connectivity index (χ4n) is 1.90. The number of benzene rings is 1. The van der Waals surface area contributed by atoms with Crippen LogP contribution in [0, 0.1) is 0 Å². The van der Waals surface area contributed by atoms with Gasteiger partial charge in [0.25, 0.3) is 0 Å². The molecule has 0 radical (unpaired) electrons. The van der Waals surface area contributed by atoms with Crippen molar-refractivity contribution < 1.29 is 18.7 Å². The van der Waals surface area contributed by atoms with E-state index in [4.69, 9.17) is 15.4 Å². The van der Waals surface area contributed by atoms with E-state index >= 15 is 0 Å². The summed E-state index contributed by atoms with van der Waals surface area (Å²) < 4.78 is 24.4. The predicted molar refractivity (Wildman–Crippen MR) is 60.8 cm³/mol. The van der Waals surface area contributed by atoms with E-state index in [2.05, 4.69) is 4.84 Å². The average molecular weight is 241 g/mol. The van der Waals surface area contributed by atoms with Gasteiger partial charge in [-0.1, -0.05) is 0 Å². The topological polar surface area (TPSA) is 53.7 Å². The molecule has 0 fully saturated rings. The molecule has 0 spiro atoms. The standard InChI is InChI=1S/C12H16FNO3/c1-8(13)10-7-12-11(15-4-5-16-12)6-9(10)2-3-17-14/h6-8H,2-5,14H2,1H3. The van der Waals surface area contributed by atoms with E-state index in [0.717, 1.165) is 5.56 Å². The molecule has 0 saturated heterocycles. The summed E-state index contributed by atoms with van der Waals surface area (Å²) in [7, 11) is 0. The van der Waals surface area contributed by atoms with Gasteiger partial charge in [-0.3, -0.25) is 0 Å². The number of hydrogen-bond donors (Lipinski definition) is 1. The van der Waals surface area contributed by atoms with E-state index in [1.165, 1.54) is 6.92 Å². The molecular formula is C12H16FNO3. The van der Waals surface area contributed by atoms with Gasteiger partial charge in [0.1, 0.15) is 19.4 Å². The van der Waals surface area contributed by atoms with Gasteiger partial charge in [-0.25, -0.2) is 10.3 Å². The van der Waals surface area contributed by atoms with Crippen LogP contribution in [0.3, 0.4) is 0 Å². The number of nitrogens with two attached hydrogens (primary N) is 1. The lowest BCUT2D eigenvalue weighted by Gasteiger charge is -2.21. The fourth-order valence-corrected chi connectivity index (χ4v) is 1.90. The Morgan fingerprint density at radius 2 is 2.00 bits per heavy atom. The summed E-state index contributed by atoms with van der Waals surface area (Å²) in [6, 6.07) is 3.50. The van der Waals surface area contributed by atoms with Gasteiger partial charge in [-0.15, -0.1) is 0 Å². The van der Waals surface area contributed by atoms with Crippen LogP contribution in [0.25, 0.3) is 0 Å². The Morgan fingerprint density at radius 1 is 1.35 bits per heavy atom. The summed E-state index contributed by atoms with van der Waals surface area (Å²) in [6.45, 7) is 2.86.